The molecule has 1 heterocycles. The highest BCUT2D eigenvalue weighted by Crippen LogP contribution is 2.29. The number of hydrogen-bond donors (Lipinski definition) is 1. The minimum absolute atomic E-state index is 0.00902. The number of hydrogen-bond acceptors (Lipinski definition) is 4. The highest BCUT2D eigenvalue weighted by molar-refractivity contribution is 6.35. The molecule has 2 aromatic carbocycles. The van der Waals surface area contributed by atoms with Crippen molar-refractivity contribution in [1.82, 2.24) is 0 Å². The largest absolute Gasteiger partial charge is 0.504 e. The maximum absolute atomic E-state index is 12.7. The van der Waals surface area contributed by atoms with Crippen LogP contribution in [-0.4, -0.2) is 31.2 Å². The molecule has 0 saturated carbocycles. The molecule has 1 N–H and O–H groups in total. The van der Waals surface area contributed by atoms with E-state index in [4.69, 9.17) is 32.7 Å². The van der Waals surface area contributed by atoms with Crippen molar-refractivity contribution in [3.05, 3.63) is 68.7 Å². The Bertz CT molecular complexity index is 916. The van der Waals surface area contributed by atoms with Gasteiger partial charge in [0.05, 0.1) is 20.3 Å². The zero-order chi connectivity index (χ0) is 18.7. The predicted octanol–water partition coefficient (Wildman–Crippen LogP) is 4.77. The van der Waals surface area contributed by atoms with Crippen molar-refractivity contribution in [2.24, 2.45) is 0 Å². The minimum Gasteiger partial charge on any atom is -0.504 e. The maximum Gasteiger partial charge on any atom is 0.189 e. The van der Waals surface area contributed by atoms with Gasteiger partial charge in [-0.15, -0.1) is 0 Å². The number of aromatic hydroxyl groups is 1. The second-order valence-corrected chi connectivity index (χ2v) is 6.60. The Labute approximate surface area is 161 Å². The molecule has 0 radical (unpaired) electrons. The van der Waals surface area contributed by atoms with E-state index in [9.17, 15) is 9.90 Å². The molecular formula is C20H16Cl2O4. The number of carbonyl (C=O) groups excluding carboxylic acids is 1. The molecule has 1 aliphatic heterocycles. The number of phenols is 1. The van der Waals surface area contributed by atoms with Gasteiger partial charge < -0.3 is 14.6 Å². The van der Waals surface area contributed by atoms with Gasteiger partial charge in [-0.3, -0.25) is 4.79 Å². The normalized spacial score (nSPS) is 17.7. The molecule has 4 nitrogen and oxygen atoms in total. The second kappa shape index (κ2) is 7.96. The highest BCUT2D eigenvalue weighted by atomic mass is 35.5. The Morgan fingerprint density at radius 1 is 1.08 bits per heavy atom. The van der Waals surface area contributed by atoms with Crippen LogP contribution in [0, 0.1) is 0 Å². The summed E-state index contributed by atoms with van der Waals surface area (Å²) in [4.78, 5) is 12.7. The number of methoxy groups -OCH3 is 1. The molecule has 0 bridgehead atoms. The highest BCUT2D eigenvalue weighted by Gasteiger charge is 2.21. The number of ether oxygens (including phenoxy) is 2. The first-order valence-corrected chi connectivity index (χ1v) is 8.59. The van der Waals surface area contributed by atoms with Gasteiger partial charge >= 0.3 is 0 Å². The fourth-order valence-electron chi connectivity index (χ4n) is 2.63. The summed E-state index contributed by atoms with van der Waals surface area (Å²) in [6, 6.07) is 10.0. The fourth-order valence-corrected chi connectivity index (χ4v) is 3.09. The Hall–Kier alpha value is -2.27. The van der Waals surface area contributed by atoms with E-state index >= 15 is 0 Å². The molecule has 0 aliphatic carbocycles. The van der Waals surface area contributed by atoms with Crippen LogP contribution in [-0.2, 0) is 9.53 Å². The SMILES string of the molecule is COc1ccc(/C=C2\COC/C(=C\c3ccc(Cl)cc3Cl)C2=O)cc1O. The molecule has 6 heteroatoms. The lowest BCUT2D eigenvalue weighted by atomic mass is 9.98. The predicted molar refractivity (Wildman–Crippen MR) is 103 cm³/mol. The molecule has 2 aromatic rings. The Balaban J connectivity index is 1.90. The second-order valence-electron chi connectivity index (χ2n) is 5.76. The number of Topliss-reactive ketones (excluding diaryl/α,β-unsaturated/α-hetero) is 1. The van der Waals surface area contributed by atoms with Crippen molar-refractivity contribution in [3.8, 4) is 11.5 Å². The van der Waals surface area contributed by atoms with Gasteiger partial charge in [-0.1, -0.05) is 35.3 Å². The summed E-state index contributed by atoms with van der Waals surface area (Å²) in [5.74, 6) is 0.267. The van der Waals surface area contributed by atoms with E-state index in [-0.39, 0.29) is 24.7 Å². The Morgan fingerprint density at radius 3 is 2.46 bits per heavy atom. The van der Waals surface area contributed by atoms with E-state index in [2.05, 4.69) is 0 Å². The summed E-state index contributed by atoms with van der Waals surface area (Å²) in [5.41, 5.74) is 2.38. The van der Waals surface area contributed by atoms with E-state index in [1.807, 2.05) is 0 Å². The number of ketones is 1. The number of carbonyl (C=O) groups is 1. The summed E-state index contributed by atoms with van der Waals surface area (Å²) in [5, 5.41) is 10.9. The summed E-state index contributed by atoms with van der Waals surface area (Å²) in [6.07, 6.45) is 3.40. The van der Waals surface area contributed by atoms with E-state index < -0.39 is 0 Å². The molecule has 0 aromatic heterocycles. The Kier molecular flexibility index (Phi) is 5.67. The Morgan fingerprint density at radius 2 is 1.81 bits per heavy atom. The van der Waals surface area contributed by atoms with E-state index in [1.165, 1.54) is 13.2 Å². The van der Waals surface area contributed by atoms with Gasteiger partial charge in [0.15, 0.2) is 17.3 Å². The quantitative estimate of drug-likeness (QED) is 0.766. The van der Waals surface area contributed by atoms with Crippen molar-refractivity contribution >= 4 is 41.1 Å². The minimum atomic E-state index is -0.113. The van der Waals surface area contributed by atoms with E-state index in [1.54, 1.807) is 42.5 Å². The molecule has 0 atom stereocenters. The van der Waals surface area contributed by atoms with Gasteiger partial charge in [-0.05, 0) is 47.5 Å². The van der Waals surface area contributed by atoms with Crippen molar-refractivity contribution in [1.29, 1.82) is 0 Å². The summed E-state index contributed by atoms with van der Waals surface area (Å²) < 4.78 is 10.6. The summed E-state index contributed by atoms with van der Waals surface area (Å²) in [7, 11) is 1.48. The van der Waals surface area contributed by atoms with E-state index in [0.29, 0.717) is 38.1 Å². The van der Waals surface area contributed by atoms with Crippen LogP contribution in [0.3, 0.4) is 0 Å². The smallest absolute Gasteiger partial charge is 0.189 e. The van der Waals surface area contributed by atoms with Crippen LogP contribution < -0.4 is 4.74 Å². The average molecular weight is 391 g/mol. The summed E-state index contributed by atoms with van der Waals surface area (Å²) in [6.45, 7) is 0.417. The van der Waals surface area contributed by atoms with Crippen LogP contribution >= 0.6 is 23.2 Å². The van der Waals surface area contributed by atoms with Gasteiger partial charge in [0.1, 0.15) is 0 Å². The molecule has 1 saturated heterocycles. The van der Waals surface area contributed by atoms with Crippen molar-refractivity contribution in [2.45, 2.75) is 0 Å². The van der Waals surface area contributed by atoms with Crippen LogP contribution in [0.5, 0.6) is 11.5 Å². The first-order valence-electron chi connectivity index (χ1n) is 7.83. The molecule has 0 unspecified atom stereocenters. The van der Waals surface area contributed by atoms with Crippen LogP contribution in [0.4, 0.5) is 0 Å². The third kappa shape index (κ3) is 4.10. The molecule has 134 valence electrons. The van der Waals surface area contributed by atoms with Gasteiger partial charge in [0.25, 0.3) is 0 Å². The molecular weight excluding hydrogens is 375 g/mol. The summed E-state index contributed by atoms with van der Waals surface area (Å²) >= 11 is 12.1. The lowest BCUT2D eigenvalue weighted by molar-refractivity contribution is -0.114. The lowest BCUT2D eigenvalue weighted by Gasteiger charge is -2.17. The molecule has 26 heavy (non-hydrogen) atoms. The zero-order valence-corrected chi connectivity index (χ0v) is 15.5. The zero-order valence-electron chi connectivity index (χ0n) is 14.0. The van der Waals surface area contributed by atoms with Gasteiger partial charge in [0, 0.05) is 21.2 Å². The average Bonchev–Trinajstić information content (AvgIpc) is 2.61. The van der Waals surface area contributed by atoms with Crippen LogP contribution in [0.25, 0.3) is 12.2 Å². The van der Waals surface area contributed by atoms with Crippen LogP contribution in [0.15, 0.2) is 47.5 Å². The first-order chi connectivity index (χ1) is 12.5. The number of benzene rings is 2. The number of halogens is 2. The topological polar surface area (TPSA) is 55.8 Å². The lowest BCUT2D eigenvalue weighted by Crippen LogP contribution is -2.21. The molecule has 0 spiro atoms. The van der Waals surface area contributed by atoms with Gasteiger partial charge in [0.2, 0.25) is 0 Å². The third-order valence-corrected chi connectivity index (χ3v) is 4.50. The molecule has 0 amide bonds. The maximum atomic E-state index is 12.7. The monoisotopic (exact) mass is 390 g/mol. The molecule has 1 aliphatic rings. The van der Waals surface area contributed by atoms with Crippen molar-refractivity contribution < 1.29 is 19.4 Å². The standard InChI is InChI=1S/C20H16Cl2O4/c1-25-19-5-2-12(7-18(19)23)6-14-10-26-11-15(20(14)24)8-13-3-4-16(21)9-17(13)22/h2-9,23H,10-11H2,1H3/b14-6+,15-8+. The van der Waals surface area contributed by atoms with Gasteiger partial charge in [-0.2, -0.15) is 0 Å². The van der Waals surface area contributed by atoms with Crippen LogP contribution in [0.2, 0.25) is 10.0 Å². The number of phenolic OH excluding ortho intramolecular Hbond substituents is 1. The van der Waals surface area contributed by atoms with Crippen molar-refractivity contribution in [3.63, 3.8) is 0 Å². The van der Waals surface area contributed by atoms with E-state index in [0.717, 1.165) is 0 Å². The van der Waals surface area contributed by atoms with Crippen LogP contribution in [0.1, 0.15) is 11.1 Å². The van der Waals surface area contributed by atoms with Crippen molar-refractivity contribution in [2.75, 3.05) is 20.3 Å². The fraction of sp³-hybridized carbons (Fsp3) is 0.150. The third-order valence-electron chi connectivity index (χ3n) is 3.93. The van der Waals surface area contributed by atoms with Gasteiger partial charge in [-0.25, -0.2) is 0 Å². The first kappa shape index (κ1) is 18.5. The number of rotatable bonds is 3. The molecule has 1 fully saturated rings. The molecule has 3 rings (SSSR count).